The first-order valence-electron chi connectivity index (χ1n) is 10.6. The fourth-order valence-corrected chi connectivity index (χ4v) is 3.73. The van der Waals surface area contributed by atoms with Gasteiger partial charge in [0.15, 0.2) is 0 Å². The predicted molar refractivity (Wildman–Crippen MR) is 108 cm³/mol. The Balaban J connectivity index is 5.48. The fourth-order valence-electron chi connectivity index (χ4n) is 3.73. The summed E-state index contributed by atoms with van der Waals surface area (Å²) in [5, 5.41) is 9.88. The lowest BCUT2D eigenvalue weighted by molar-refractivity contribution is -0.147. The Hall–Kier alpha value is -1.10. The van der Waals surface area contributed by atoms with Gasteiger partial charge in [0.05, 0.1) is 0 Å². The van der Waals surface area contributed by atoms with Crippen LogP contribution in [0.1, 0.15) is 105 Å². The summed E-state index contributed by atoms with van der Waals surface area (Å²) in [6.45, 7) is 9.52. The standard InChI is InChI=1S/C21H42N2O3/c1-5-8-11-12-17-23(18(20(25)26)13-14-19(22)24)21(4,15-9-6-2)16-10-7-3/h18H,5-17H2,1-4H3,(H2,22,24)(H,25,26). The third-order valence-electron chi connectivity index (χ3n) is 5.41. The van der Waals surface area contributed by atoms with Crippen LogP contribution in [0.3, 0.4) is 0 Å². The molecule has 0 aliphatic carbocycles. The van der Waals surface area contributed by atoms with Crippen molar-refractivity contribution in [2.24, 2.45) is 5.73 Å². The maximum Gasteiger partial charge on any atom is 0.320 e. The smallest absolute Gasteiger partial charge is 0.320 e. The van der Waals surface area contributed by atoms with Crippen molar-refractivity contribution >= 4 is 11.9 Å². The second-order valence-corrected chi connectivity index (χ2v) is 7.82. The van der Waals surface area contributed by atoms with E-state index in [1.54, 1.807) is 0 Å². The molecule has 1 amide bonds. The highest BCUT2D eigenvalue weighted by Gasteiger charge is 2.38. The Bertz CT molecular complexity index is 391. The molecule has 0 saturated carbocycles. The van der Waals surface area contributed by atoms with E-state index in [-0.39, 0.29) is 12.0 Å². The highest BCUT2D eigenvalue weighted by atomic mass is 16.4. The van der Waals surface area contributed by atoms with E-state index >= 15 is 0 Å². The van der Waals surface area contributed by atoms with E-state index in [2.05, 4.69) is 32.6 Å². The first-order chi connectivity index (χ1) is 12.3. The van der Waals surface area contributed by atoms with Gasteiger partial charge in [-0.1, -0.05) is 65.7 Å². The van der Waals surface area contributed by atoms with E-state index in [0.29, 0.717) is 6.42 Å². The molecule has 0 aromatic carbocycles. The van der Waals surface area contributed by atoms with Crippen molar-refractivity contribution < 1.29 is 14.7 Å². The molecule has 0 saturated heterocycles. The van der Waals surface area contributed by atoms with Crippen LogP contribution in [0.25, 0.3) is 0 Å². The summed E-state index contributed by atoms with van der Waals surface area (Å²) in [6.07, 6.45) is 11.3. The molecule has 0 rings (SSSR count). The topological polar surface area (TPSA) is 83.6 Å². The molecule has 1 unspecified atom stereocenters. The van der Waals surface area contributed by atoms with Gasteiger partial charge in [-0.15, -0.1) is 0 Å². The van der Waals surface area contributed by atoms with Gasteiger partial charge in [0.1, 0.15) is 6.04 Å². The molecule has 0 aromatic heterocycles. The summed E-state index contributed by atoms with van der Waals surface area (Å²) in [5.74, 6) is -1.26. The van der Waals surface area contributed by atoms with Crippen LogP contribution in [0.4, 0.5) is 0 Å². The lowest BCUT2D eigenvalue weighted by atomic mass is 9.85. The normalized spacial score (nSPS) is 13.1. The van der Waals surface area contributed by atoms with Crippen LogP contribution in [0.2, 0.25) is 0 Å². The minimum absolute atomic E-state index is 0.125. The van der Waals surface area contributed by atoms with E-state index < -0.39 is 17.9 Å². The number of carbonyl (C=O) groups excluding carboxylic acids is 1. The minimum atomic E-state index is -0.832. The van der Waals surface area contributed by atoms with Crippen LogP contribution in [0.15, 0.2) is 0 Å². The average molecular weight is 371 g/mol. The van der Waals surface area contributed by atoms with Crippen molar-refractivity contribution in [1.29, 1.82) is 0 Å². The number of unbranched alkanes of at least 4 members (excludes halogenated alkanes) is 5. The van der Waals surface area contributed by atoms with Crippen molar-refractivity contribution in [1.82, 2.24) is 4.90 Å². The van der Waals surface area contributed by atoms with Crippen molar-refractivity contribution in [2.45, 2.75) is 116 Å². The summed E-state index contributed by atoms with van der Waals surface area (Å²) in [4.78, 5) is 25.5. The number of nitrogens with zero attached hydrogens (tertiary/aromatic N) is 1. The second kappa shape index (κ2) is 14.0. The number of nitrogens with two attached hydrogens (primary N) is 1. The second-order valence-electron chi connectivity index (χ2n) is 7.82. The third kappa shape index (κ3) is 9.56. The summed E-state index contributed by atoms with van der Waals surface area (Å²) < 4.78 is 0. The van der Waals surface area contributed by atoms with Gasteiger partial charge in [-0.2, -0.15) is 0 Å². The summed E-state index contributed by atoms with van der Waals surface area (Å²) in [5.41, 5.74) is 5.16. The SMILES string of the molecule is CCCCCCN(C(CCC(N)=O)C(=O)O)C(C)(CCCC)CCCC. The number of hydrogen-bond acceptors (Lipinski definition) is 3. The average Bonchev–Trinajstić information content (AvgIpc) is 2.59. The number of hydrogen-bond donors (Lipinski definition) is 2. The number of carboxylic acids is 1. The van der Waals surface area contributed by atoms with Crippen molar-refractivity contribution in [3.05, 3.63) is 0 Å². The Labute approximate surface area is 160 Å². The van der Waals surface area contributed by atoms with E-state index in [0.717, 1.165) is 64.3 Å². The number of carbonyl (C=O) groups is 2. The monoisotopic (exact) mass is 370 g/mol. The van der Waals surface area contributed by atoms with Gasteiger partial charge in [0.25, 0.3) is 0 Å². The fraction of sp³-hybridized carbons (Fsp3) is 0.905. The van der Waals surface area contributed by atoms with E-state index in [1.165, 1.54) is 6.42 Å². The molecule has 0 aliphatic rings. The van der Waals surface area contributed by atoms with Gasteiger partial charge in [-0.05, 0) is 39.2 Å². The molecule has 1 atom stereocenters. The van der Waals surface area contributed by atoms with Crippen molar-refractivity contribution in [2.75, 3.05) is 6.54 Å². The molecule has 0 heterocycles. The molecule has 0 aromatic rings. The van der Waals surface area contributed by atoms with Gasteiger partial charge in [-0.25, -0.2) is 0 Å². The van der Waals surface area contributed by atoms with Crippen LogP contribution in [-0.4, -0.2) is 40.0 Å². The van der Waals surface area contributed by atoms with Crippen LogP contribution in [0, 0.1) is 0 Å². The first kappa shape index (κ1) is 24.9. The van der Waals surface area contributed by atoms with Gasteiger partial charge in [0.2, 0.25) is 5.91 Å². The number of aliphatic carboxylic acids is 1. The molecule has 154 valence electrons. The van der Waals surface area contributed by atoms with Gasteiger partial charge < -0.3 is 10.8 Å². The molecular formula is C21H42N2O3. The predicted octanol–water partition coefficient (Wildman–Crippen LogP) is 4.73. The zero-order valence-corrected chi connectivity index (χ0v) is 17.6. The lowest BCUT2D eigenvalue weighted by Gasteiger charge is -2.45. The molecule has 0 radical (unpaired) electrons. The molecule has 0 bridgehead atoms. The number of rotatable bonds is 17. The quantitative estimate of drug-likeness (QED) is 0.363. The maximum atomic E-state index is 12.0. The Morgan fingerprint density at radius 3 is 1.92 bits per heavy atom. The van der Waals surface area contributed by atoms with E-state index in [4.69, 9.17) is 5.73 Å². The van der Waals surface area contributed by atoms with Crippen LogP contribution in [-0.2, 0) is 9.59 Å². The zero-order chi connectivity index (χ0) is 20.0. The number of primary amides is 1. The summed E-state index contributed by atoms with van der Waals surface area (Å²) in [7, 11) is 0. The van der Waals surface area contributed by atoms with Crippen LogP contribution >= 0.6 is 0 Å². The van der Waals surface area contributed by atoms with Crippen molar-refractivity contribution in [3.63, 3.8) is 0 Å². The molecular weight excluding hydrogens is 328 g/mol. The first-order valence-corrected chi connectivity index (χ1v) is 10.6. The highest BCUT2D eigenvalue weighted by molar-refractivity contribution is 5.77. The number of amides is 1. The molecule has 3 N–H and O–H groups in total. The maximum absolute atomic E-state index is 12.0. The van der Waals surface area contributed by atoms with Crippen LogP contribution in [0.5, 0.6) is 0 Å². The summed E-state index contributed by atoms with van der Waals surface area (Å²) in [6, 6.07) is -0.636. The highest BCUT2D eigenvalue weighted by Crippen LogP contribution is 2.32. The Morgan fingerprint density at radius 1 is 0.962 bits per heavy atom. The Morgan fingerprint density at radius 2 is 1.50 bits per heavy atom. The van der Waals surface area contributed by atoms with Gasteiger partial charge in [-0.3, -0.25) is 14.5 Å². The molecule has 5 heteroatoms. The zero-order valence-electron chi connectivity index (χ0n) is 17.6. The van der Waals surface area contributed by atoms with Gasteiger partial charge >= 0.3 is 5.97 Å². The van der Waals surface area contributed by atoms with Crippen LogP contribution < -0.4 is 5.73 Å². The summed E-state index contributed by atoms with van der Waals surface area (Å²) >= 11 is 0. The van der Waals surface area contributed by atoms with Gasteiger partial charge in [0, 0.05) is 12.0 Å². The van der Waals surface area contributed by atoms with Crippen molar-refractivity contribution in [3.8, 4) is 0 Å². The molecule has 5 nitrogen and oxygen atoms in total. The van der Waals surface area contributed by atoms with E-state index in [1.807, 2.05) is 0 Å². The third-order valence-corrected chi connectivity index (χ3v) is 5.41. The number of carboxylic acid groups (broad SMARTS) is 1. The lowest BCUT2D eigenvalue weighted by Crippen LogP contribution is -2.55. The molecule has 0 fully saturated rings. The Kier molecular flexibility index (Phi) is 13.4. The molecule has 26 heavy (non-hydrogen) atoms. The minimum Gasteiger partial charge on any atom is -0.480 e. The van der Waals surface area contributed by atoms with E-state index in [9.17, 15) is 14.7 Å². The molecule has 0 spiro atoms. The molecule has 0 aliphatic heterocycles. The largest absolute Gasteiger partial charge is 0.480 e.